The van der Waals surface area contributed by atoms with E-state index in [9.17, 15) is 9.59 Å². The van der Waals surface area contributed by atoms with Crippen LogP contribution in [0.5, 0.6) is 5.75 Å². The number of para-hydroxylation sites is 1. The molecule has 0 aliphatic carbocycles. The maximum Gasteiger partial charge on any atom is 0.328 e. The summed E-state index contributed by atoms with van der Waals surface area (Å²) in [5.74, 6) is 0.403. The van der Waals surface area contributed by atoms with Gasteiger partial charge < -0.3 is 14.8 Å². The summed E-state index contributed by atoms with van der Waals surface area (Å²) in [7, 11) is 1.29. The van der Waals surface area contributed by atoms with E-state index in [1.165, 1.54) is 7.11 Å². The topological polar surface area (TPSA) is 108 Å². The van der Waals surface area contributed by atoms with Crippen molar-refractivity contribution in [1.82, 2.24) is 25.5 Å². The van der Waals surface area contributed by atoms with Gasteiger partial charge in [-0.15, -0.1) is 10.2 Å². The maximum absolute atomic E-state index is 12.1. The molecule has 0 bridgehead atoms. The Bertz CT molecular complexity index is 717. The summed E-state index contributed by atoms with van der Waals surface area (Å²) in [5, 5.41) is 14.4. The molecule has 1 heterocycles. The number of benzene rings is 1. The van der Waals surface area contributed by atoms with Gasteiger partial charge in [0, 0.05) is 0 Å². The Balaban J connectivity index is 1.86. The summed E-state index contributed by atoms with van der Waals surface area (Å²) in [4.78, 5) is 25.0. The molecular weight excluding hydrogens is 338 g/mol. The predicted octanol–water partition coefficient (Wildman–Crippen LogP) is 0.956. The summed E-state index contributed by atoms with van der Waals surface area (Å²) >= 11 is 0. The van der Waals surface area contributed by atoms with Crippen molar-refractivity contribution in [2.45, 2.75) is 39.5 Å². The Hall–Kier alpha value is -2.97. The first-order valence-corrected chi connectivity index (χ1v) is 8.29. The smallest absolute Gasteiger partial charge is 0.328 e. The van der Waals surface area contributed by atoms with Gasteiger partial charge in [0.1, 0.15) is 18.3 Å². The minimum atomic E-state index is -0.697. The minimum Gasteiger partial charge on any atom is -0.485 e. The number of rotatable bonds is 9. The largest absolute Gasteiger partial charge is 0.485 e. The maximum atomic E-state index is 12.1. The lowest BCUT2D eigenvalue weighted by Crippen LogP contribution is -2.43. The van der Waals surface area contributed by atoms with Crippen molar-refractivity contribution in [3.63, 3.8) is 0 Å². The van der Waals surface area contributed by atoms with E-state index in [2.05, 4.69) is 20.7 Å². The highest BCUT2D eigenvalue weighted by molar-refractivity contribution is 5.84. The van der Waals surface area contributed by atoms with Crippen molar-refractivity contribution in [3.8, 4) is 5.75 Å². The van der Waals surface area contributed by atoms with Gasteiger partial charge in [-0.2, -0.15) is 4.80 Å². The molecule has 0 spiro atoms. The van der Waals surface area contributed by atoms with Crippen LogP contribution in [-0.4, -0.2) is 45.2 Å². The van der Waals surface area contributed by atoms with E-state index in [-0.39, 0.29) is 19.1 Å². The number of nitrogens with zero attached hydrogens (tertiary/aromatic N) is 4. The molecule has 0 radical (unpaired) electrons. The monoisotopic (exact) mass is 361 g/mol. The van der Waals surface area contributed by atoms with Gasteiger partial charge in [-0.05, 0) is 29.7 Å². The van der Waals surface area contributed by atoms with Crippen molar-refractivity contribution in [2.75, 3.05) is 7.11 Å². The minimum absolute atomic E-state index is 0.143. The molecule has 0 aliphatic rings. The number of esters is 1. The molecule has 0 saturated carbocycles. The van der Waals surface area contributed by atoms with Gasteiger partial charge >= 0.3 is 5.97 Å². The number of aromatic nitrogens is 4. The highest BCUT2D eigenvalue weighted by Crippen LogP contribution is 2.09. The Labute approximate surface area is 151 Å². The normalized spacial score (nSPS) is 11.8. The van der Waals surface area contributed by atoms with E-state index in [0.29, 0.717) is 18.0 Å². The number of nitrogens with one attached hydrogen (secondary N) is 1. The summed E-state index contributed by atoms with van der Waals surface area (Å²) in [6.07, 6.45) is 0.485. The molecule has 2 rings (SSSR count). The second-order valence-corrected chi connectivity index (χ2v) is 6.11. The number of carbonyl (C=O) groups is 2. The highest BCUT2D eigenvalue weighted by atomic mass is 16.5. The van der Waals surface area contributed by atoms with Crippen molar-refractivity contribution >= 4 is 11.9 Å². The molecule has 2 aromatic rings. The van der Waals surface area contributed by atoms with E-state index in [1.54, 1.807) is 0 Å². The number of hydrogen-bond donors (Lipinski definition) is 1. The van der Waals surface area contributed by atoms with Gasteiger partial charge in [0.2, 0.25) is 11.7 Å². The van der Waals surface area contributed by atoms with Crippen molar-refractivity contribution in [1.29, 1.82) is 0 Å². The molecule has 9 nitrogen and oxygen atoms in total. The van der Waals surface area contributed by atoms with Crippen LogP contribution >= 0.6 is 0 Å². The molecule has 1 atom stereocenters. The Morgan fingerprint density at radius 1 is 1.23 bits per heavy atom. The molecule has 26 heavy (non-hydrogen) atoms. The van der Waals surface area contributed by atoms with Crippen LogP contribution in [-0.2, 0) is 27.5 Å². The van der Waals surface area contributed by atoms with Crippen LogP contribution in [0.4, 0.5) is 0 Å². The SMILES string of the molecule is COC(=O)[C@@H](CC(C)C)NC(=O)Cn1nnc(COc2ccccc2)n1. The molecule has 1 N–H and O–H groups in total. The van der Waals surface area contributed by atoms with Crippen molar-refractivity contribution < 1.29 is 19.1 Å². The number of amides is 1. The number of hydrogen-bond acceptors (Lipinski definition) is 7. The number of ether oxygens (including phenoxy) is 2. The van der Waals surface area contributed by atoms with Gasteiger partial charge in [0.15, 0.2) is 6.61 Å². The van der Waals surface area contributed by atoms with Crippen LogP contribution in [0.25, 0.3) is 0 Å². The van der Waals surface area contributed by atoms with Crippen LogP contribution < -0.4 is 10.1 Å². The lowest BCUT2D eigenvalue weighted by Gasteiger charge is -2.17. The zero-order valence-corrected chi connectivity index (χ0v) is 15.1. The lowest BCUT2D eigenvalue weighted by atomic mass is 10.0. The van der Waals surface area contributed by atoms with Gasteiger partial charge in [0.05, 0.1) is 7.11 Å². The van der Waals surface area contributed by atoms with Gasteiger partial charge in [0.25, 0.3) is 0 Å². The molecule has 1 aromatic carbocycles. The first-order valence-electron chi connectivity index (χ1n) is 8.29. The summed E-state index contributed by atoms with van der Waals surface area (Å²) in [5.41, 5.74) is 0. The van der Waals surface area contributed by atoms with Crippen LogP contribution in [0.1, 0.15) is 26.1 Å². The third kappa shape index (κ3) is 6.15. The second-order valence-electron chi connectivity index (χ2n) is 6.11. The fraction of sp³-hybridized carbons (Fsp3) is 0.471. The fourth-order valence-corrected chi connectivity index (χ4v) is 2.26. The molecule has 1 aromatic heterocycles. The predicted molar refractivity (Wildman–Crippen MR) is 92.0 cm³/mol. The zero-order valence-electron chi connectivity index (χ0n) is 15.1. The standard InChI is InChI=1S/C17H23N5O4/c1-12(2)9-14(17(24)25-3)18-16(23)10-22-20-15(19-21-22)11-26-13-7-5-4-6-8-13/h4-8,12,14H,9-11H2,1-3H3,(H,18,23)/t14-/m1/s1. The molecule has 0 saturated heterocycles. The first-order chi connectivity index (χ1) is 12.5. The Morgan fingerprint density at radius 2 is 1.96 bits per heavy atom. The molecule has 0 fully saturated rings. The number of carbonyl (C=O) groups excluding carboxylic acids is 2. The summed E-state index contributed by atoms with van der Waals surface area (Å²) in [6, 6.07) is 8.55. The second kappa shape index (κ2) is 9.50. The number of methoxy groups -OCH3 is 1. The molecular formula is C17H23N5O4. The van der Waals surface area contributed by atoms with Crippen molar-refractivity contribution in [3.05, 3.63) is 36.2 Å². The van der Waals surface area contributed by atoms with Gasteiger partial charge in [-0.25, -0.2) is 4.79 Å². The third-order valence-corrected chi connectivity index (χ3v) is 3.42. The molecule has 1 amide bonds. The number of tetrazole rings is 1. The van der Waals surface area contributed by atoms with Crippen molar-refractivity contribution in [2.24, 2.45) is 5.92 Å². The average molecular weight is 361 g/mol. The molecule has 0 unspecified atom stereocenters. The average Bonchev–Trinajstić information content (AvgIpc) is 3.06. The summed E-state index contributed by atoms with van der Waals surface area (Å²) in [6.45, 7) is 3.91. The van der Waals surface area contributed by atoms with Gasteiger partial charge in [-0.3, -0.25) is 4.79 Å². The van der Waals surface area contributed by atoms with E-state index in [4.69, 9.17) is 9.47 Å². The molecule has 0 aliphatic heterocycles. The fourth-order valence-electron chi connectivity index (χ4n) is 2.26. The molecule has 9 heteroatoms. The molecule has 140 valence electrons. The van der Waals surface area contributed by atoms with Crippen LogP contribution in [0.2, 0.25) is 0 Å². The van der Waals surface area contributed by atoms with Gasteiger partial charge in [-0.1, -0.05) is 32.0 Å². The lowest BCUT2D eigenvalue weighted by molar-refractivity contribution is -0.145. The quantitative estimate of drug-likeness (QED) is 0.663. The Kier molecular flexibility index (Phi) is 7.07. The van der Waals surface area contributed by atoms with E-state index in [1.807, 2.05) is 44.2 Å². The summed E-state index contributed by atoms with van der Waals surface area (Å²) < 4.78 is 10.2. The van der Waals surface area contributed by atoms with Crippen LogP contribution in [0, 0.1) is 5.92 Å². The Morgan fingerprint density at radius 3 is 2.62 bits per heavy atom. The third-order valence-electron chi connectivity index (χ3n) is 3.42. The van der Waals surface area contributed by atoms with E-state index in [0.717, 1.165) is 4.80 Å². The highest BCUT2D eigenvalue weighted by Gasteiger charge is 2.23. The zero-order chi connectivity index (χ0) is 18.9. The van der Waals surface area contributed by atoms with E-state index < -0.39 is 17.9 Å². The first kappa shape index (κ1) is 19.4. The van der Waals surface area contributed by atoms with E-state index >= 15 is 0 Å². The van der Waals surface area contributed by atoms with Crippen LogP contribution in [0.3, 0.4) is 0 Å². The van der Waals surface area contributed by atoms with Crippen LogP contribution in [0.15, 0.2) is 30.3 Å².